The molecular weight excluding hydrogens is 316 g/mol. The van der Waals surface area contributed by atoms with Gasteiger partial charge in [-0.1, -0.05) is 37.5 Å². The molecule has 1 aliphatic heterocycles. The molecule has 25 heavy (non-hydrogen) atoms. The number of likely N-dealkylation sites (tertiary alicyclic amines) is 1. The van der Waals surface area contributed by atoms with Crippen LogP contribution >= 0.6 is 0 Å². The minimum Gasteiger partial charge on any atom is -0.480 e. The van der Waals surface area contributed by atoms with Gasteiger partial charge in [0.15, 0.2) is 0 Å². The van der Waals surface area contributed by atoms with E-state index in [1.165, 1.54) is 6.42 Å². The summed E-state index contributed by atoms with van der Waals surface area (Å²) < 4.78 is 0. The van der Waals surface area contributed by atoms with Crippen LogP contribution in [0.2, 0.25) is 0 Å². The maximum absolute atomic E-state index is 13.4. The summed E-state index contributed by atoms with van der Waals surface area (Å²) in [5.74, 6) is -0.696. The van der Waals surface area contributed by atoms with Crippen molar-refractivity contribution in [3.8, 4) is 0 Å². The zero-order valence-electron chi connectivity index (χ0n) is 14.9. The van der Waals surface area contributed by atoms with Crippen LogP contribution in [0.25, 0.3) is 0 Å². The molecule has 5 nitrogen and oxygen atoms in total. The summed E-state index contributed by atoms with van der Waals surface area (Å²) in [6.45, 7) is 2.21. The lowest BCUT2D eigenvalue weighted by Gasteiger charge is -2.38. The largest absolute Gasteiger partial charge is 0.480 e. The highest BCUT2D eigenvalue weighted by molar-refractivity contribution is 5.91. The van der Waals surface area contributed by atoms with Crippen LogP contribution in [0.3, 0.4) is 0 Å². The lowest BCUT2D eigenvalue weighted by atomic mass is 9.82. The van der Waals surface area contributed by atoms with Gasteiger partial charge in [0.1, 0.15) is 11.6 Å². The highest BCUT2D eigenvalue weighted by Gasteiger charge is 2.48. The Morgan fingerprint density at radius 3 is 2.48 bits per heavy atom. The first-order chi connectivity index (χ1) is 12.0. The van der Waals surface area contributed by atoms with Gasteiger partial charge in [-0.2, -0.15) is 0 Å². The number of carbonyl (C=O) groups excluding carboxylic acids is 1. The summed E-state index contributed by atoms with van der Waals surface area (Å²) in [6.07, 6.45) is 6.82. The minimum absolute atomic E-state index is 0.0573. The number of rotatable bonds is 5. The third-order valence-corrected chi connectivity index (χ3v) is 5.85. The summed E-state index contributed by atoms with van der Waals surface area (Å²) in [5, 5.41) is 13.1. The van der Waals surface area contributed by atoms with Crippen molar-refractivity contribution in [3.63, 3.8) is 0 Å². The van der Waals surface area contributed by atoms with Crippen molar-refractivity contribution >= 4 is 17.6 Å². The Balaban J connectivity index is 1.85. The van der Waals surface area contributed by atoms with Crippen molar-refractivity contribution in [2.75, 3.05) is 11.9 Å². The Kier molecular flexibility index (Phi) is 5.30. The molecule has 136 valence electrons. The van der Waals surface area contributed by atoms with Crippen molar-refractivity contribution in [3.05, 3.63) is 30.3 Å². The molecule has 1 amide bonds. The molecule has 1 saturated carbocycles. The van der Waals surface area contributed by atoms with Crippen LogP contribution in [-0.4, -0.2) is 40.0 Å². The van der Waals surface area contributed by atoms with Gasteiger partial charge in [0.05, 0.1) is 0 Å². The second kappa shape index (κ2) is 7.46. The molecule has 5 heteroatoms. The van der Waals surface area contributed by atoms with Crippen molar-refractivity contribution in [1.29, 1.82) is 0 Å². The molecule has 1 heterocycles. The van der Waals surface area contributed by atoms with E-state index in [9.17, 15) is 14.7 Å². The lowest BCUT2D eigenvalue weighted by molar-refractivity contribution is -0.156. The fraction of sp³-hybridized carbons (Fsp3) is 0.600. The molecule has 2 N–H and O–H groups in total. The number of aliphatic carboxylic acids is 1. The number of carbonyl (C=O) groups is 2. The number of anilines is 1. The predicted octanol–water partition coefficient (Wildman–Crippen LogP) is 3.51. The van der Waals surface area contributed by atoms with Crippen molar-refractivity contribution in [2.24, 2.45) is 5.92 Å². The molecule has 2 aliphatic rings. The summed E-state index contributed by atoms with van der Waals surface area (Å²) >= 11 is 0. The number of nitrogens with zero attached hydrogens (tertiary/aromatic N) is 1. The Morgan fingerprint density at radius 1 is 1.16 bits per heavy atom. The molecule has 2 atom stereocenters. The van der Waals surface area contributed by atoms with Crippen LogP contribution in [0.4, 0.5) is 5.69 Å². The van der Waals surface area contributed by atoms with Crippen LogP contribution in [0.1, 0.15) is 51.9 Å². The van der Waals surface area contributed by atoms with E-state index in [1.807, 2.05) is 30.3 Å². The van der Waals surface area contributed by atoms with Crippen LogP contribution < -0.4 is 5.32 Å². The lowest BCUT2D eigenvalue weighted by Crippen LogP contribution is -2.56. The Hall–Kier alpha value is -2.04. The first-order valence-electron chi connectivity index (χ1n) is 9.39. The average molecular weight is 344 g/mol. The SMILES string of the molecule is C[C@@]1(C(=O)O)CCCN1C(=O)C(Nc1ccccc1)C1CCCCC1. The van der Waals surface area contributed by atoms with E-state index in [1.54, 1.807) is 11.8 Å². The number of hydrogen-bond acceptors (Lipinski definition) is 3. The standard InChI is InChI=1S/C20H28N2O3/c1-20(19(24)25)13-8-14-22(20)18(23)17(15-9-4-2-5-10-15)21-16-11-6-3-7-12-16/h3,6-7,11-12,15,17,21H,2,4-5,8-10,13-14H2,1H3,(H,24,25)/t17?,20-/m0/s1. The minimum atomic E-state index is -1.08. The smallest absolute Gasteiger partial charge is 0.329 e. The molecule has 0 bridgehead atoms. The summed E-state index contributed by atoms with van der Waals surface area (Å²) in [4.78, 5) is 26.8. The van der Waals surface area contributed by atoms with E-state index in [-0.39, 0.29) is 17.9 Å². The maximum atomic E-state index is 13.4. The van der Waals surface area contributed by atoms with E-state index in [0.29, 0.717) is 13.0 Å². The molecule has 1 aromatic carbocycles. The van der Waals surface area contributed by atoms with E-state index >= 15 is 0 Å². The number of hydrogen-bond donors (Lipinski definition) is 2. The molecule has 0 spiro atoms. The molecule has 2 fully saturated rings. The molecule has 1 aromatic rings. The van der Waals surface area contributed by atoms with E-state index < -0.39 is 11.5 Å². The van der Waals surface area contributed by atoms with E-state index in [4.69, 9.17) is 0 Å². The normalized spacial score (nSPS) is 25.6. The van der Waals surface area contributed by atoms with Crippen LogP contribution in [0.5, 0.6) is 0 Å². The fourth-order valence-corrected chi connectivity index (χ4v) is 4.27. The van der Waals surface area contributed by atoms with Gasteiger partial charge in [-0.25, -0.2) is 4.79 Å². The van der Waals surface area contributed by atoms with Crippen molar-refractivity contribution in [1.82, 2.24) is 4.90 Å². The Labute approximate surface area is 149 Å². The summed E-state index contributed by atoms with van der Waals surface area (Å²) in [5.41, 5.74) is -0.162. The zero-order chi connectivity index (χ0) is 17.9. The monoisotopic (exact) mass is 344 g/mol. The third-order valence-electron chi connectivity index (χ3n) is 5.85. The molecule has 1 aliphatic carbocycles. The topological polar surface area (TPSA) is 69.6 Å². The number of para-hydroxylation sites is 1. The molecule has 1 saturated heterocycles. The fourth-order valence-electron chi connectivity index (χ4n) is 4.27. The van der Waals surface area contributed by atoms with Gasteiger partial charge in [0.25, 0.3) is 0 Å². The zero-order valence-corrected chi connectivity index (χ0v) is 14.9. The van der Waals surface area contributed by atoms with Crippen LogP contribution in [-0.2, 0) is 9.59 Å². The van der Waals surface area contributed by atoms with Gasteiger partial charge in [-0.3, -0.25) is 4.79 Å². The predicted molar refractivity (Wildman–Crippen MR) is 97.4 cm³/mol. The Morgan fingerprint density at radius 2 is 1.84 bits per heavy atom. The number of carboxylic acids is 1. The molecule has 3 rings (SSSR count). The quantitative estimate of drug-likeness (QED) is 0.857. The summed E-state index contributed by atoms with van der Waals surface area (Å²) in [7, 11) is 0. The number of benzene rings is 1. The molecule has 1 unspecified atom stereocenters. The van der Waals surface area contributed by atoms with E-state index in [0.717, 1.165) is 37.8 Å². The van der Waals surface area contributed by atoms with Gasteiger partial charge in [0.2, 0.25) is 5.91 Å². The van der Waals surface area contributed by atoms with Crippen molar-refractivity contribution in [2.45, 2.75) is 63.5 Å². The highest BCUT2D eigenvalue weighted by Crippen LogP contribution is 2.34. The van der Waals surface area contributed by atoms with Gasteiger partial charge in [-0.05, 0) is 50.7 Å². The maximum Gasteiger partial charge on any atom is 0.329 e. The van der Waals surface area contributed by atoms with Crippen LogP contribution in [0.15, 0.2) is 30.3 Å². The number of nitrogens with one attached hydrogen (secondary N) is 1. The van der Waals surface area contributed by atoms with Crippen molar-refractivity contribution < 1.29 is 14.7 Å². The first-order valence-corrected chi connectivity index (χ1v) is 9.39. The molecular formula is C20H28N2O3. The second-order valence-electron chi connectivity index (χ2n) is 7.56. The van der Waals surface area contributed by atoms with E-state index in [2.05, 4.69) is 5.32 Å². The van der Waals surface area contributed by atoms with Gasteiger partial charge in [-0.15, -0.1) is 0 Å². The average Bonchev–Trinajstić information content (AvgIpc) is 3.04. The van der Waals surface area contributed by atoms with Gasteiger partial charge in [0, 0.05) is 12.2 Å². The summed E-state index contributed by atoms with van der Waals surface area (Å²) in [6, 6.07) is 9.42. The second-order valence-corrected chi connectivity index (χ2v) is 7.56. The highest BCUT2D eigenvalue weighted by atomic mass is 16.4. The Bertz CT molecular complexity index is 613. The van der Waals surface area contributed by atoms with Crippen LogP contribution in [0, 0.1) is 5.92 Å². The first kappa shape index (κ1) is 17.8. The number of carboxylic acid groups (broad SMARTS) is 1. The molecule has 0 radical (unpaired) electrons. The van der Waals surface area contributed by atoms with Gasteiger partial charge < -0.3 is 15.3 Å². The van der Waals surface area contributed by atoms with Gasteiger partial charge >= 0.3 is 5.97 Å². The molecule has 0 aromatic heterocycles. The third kappa shape index (κ3) is 3.65. The number of amides is 1.